The lowest BCUT2D eigenvalue weighted by Crippen LogP contribution is -2.41. The summed E-state index contributed by atoms with van der Waals surface area (Å²) in [6.07, 6.45) is 4.63. The first kappa shape index (κ1) is 20.4. The van der Waals surface area contributed by atoms with Gasteiger partial charge in [0, 0.05) is 38.2 Å². The Labute approximate surface area is 176 Å². The Morgan fingerprint density at radius 1 is 1.17 bits per heavy atom. The van der Waals surface area contributed by atoms with Crippen molar-refractivity contribution >= 4 is 17.3 Å². The van der Waals surface area contributed by atoms with Gasteiger partial charge in [0.15, 0.2) is 11.8 Å². The molecular formula is C23H27N3O4. The molecule has 1 aliphatic heterocycles. The number of carbonyl (C=O) groups excluding carboxylic acids is 1. The lowest BCUT2D eigenvalue weighted by atomic mass is 9.86. The van der Waals surface area contributed by atoms with Crippen molar-refractivity contribution in [1.82, 2.24) is 9.38 Å². The number of aryl methyl sites for hydroxylation is 1. The summed E-state index contributed by atoms with van der Waals surface area (Å²) in [7, 11) is 1.64. The van der Waals surface area contributed by atoms with Crippen LogP contribution in [0.2, 0.25) is 0 Å². The topological polar surface area (TPSA) is 74.1 Å². The van der Waals surface area contributed by atoms with Gasteiger partial charge in [-0.25, -0.2) is 4.98 Å². The van der Waals surface area contributed by atoms with Gasteiger partial charge in [0.05, 0.1) is 24.9 Å². The molecule has 0 fully saturated rings. The van der Waals surface area contributed by atoms with Gasteiger partial charge >= 0.3 is 5.97 Å². The molecule has 30 heavy (non-hydrogen) atoms. The van der Waals surface area contributed by atoms with Crippen LogP contribution in [0.25, 0.3) is 5.65 Å². The van der Waals surface area contributed by atoms with E-state index in [-0.39, 0.29) is 12.0 Å². The zero-order chi connectivity index (χ0) is 21.3. The summed E-state index contributed by atoms with van der Waals surface area (Å²) in [4.78, 5) is 16.6. The van der Waals surface area contributed by atoms with E-state index in [1.165, 1.54) is 12.5 Å². The Bertz CT molecular complexity index is 1060. The van der Waals surface area contributed by atoms with Gasteiger partial charge in [0.25, 0.3) is 0 Å². The van der Waals surface area contributed by atoms with Crippen molar-refractivity contribution in [1.29, 1.82) is 0 Å². The Kier molecular flexibility index (Phi) is 5.74. The summed E-state index contributed by atoms with van der Waals surface area (Å²) in [6.45, 7) is 6.43. The Hall–Kier alpha value is -2.90. The molecule has 0 aliphatic carbocycles. The number of methoxy groups -OCH3 is 1. The molecule has 3 heterocycles. The monoisotopic (exact) mass is 409 g/mol. The maximum absolute atomic E-state index is 12.1. The summed E-state index contributed by atoms with van der Waals surface area (Å²) in [6, 6.07) is 7.88. The molecule has 0 amide bonds. The van der Waals surface area contributed by atoms with Crippen LogP contribution in [-0.2, 0) is 19.0 Å². The fraction of sp³-hybridized carbons (Fsp3) is 0.391. The van der Waals surface area contributed by atoms with Crippen LogP contribution in [0, 0.1) is 13.8 Å². The van der Waals surface area contributed by atoms with E-state index in [1.807, 2.05) is 28.9 Å². The van der Waals surface area contributed by atoms with E-state index in [9.17, 15) is 4.79 Å². The van der Waals surface area contributed by atoms with E-state index < -0.39 is 12.2 Å². The normalized spacial score (nSPS) is 20.6. The molecule has 0 saturated heterocycles. The molecule has 0 saturated carbocycles. The third-order valence-electron chi connectivity index (χ3n) is 5.70. The number of ether oxygens (including phenoxy) is 3. The molecule has 0 bridgehead atoms. The molecule has 0 spiro atoms. The van der Waals surface area contributed by atoms with Crippen LogP contribution >= 0.6 is 0 Å². The minimum atomic E-state index is -0.537. The van der Waals surface area contributed by atoms with Crippen molar-refractivity contribution in [2.45, 2.75) is 39.0 Å². The molecule has 0 radical (unpaired) electrons. The Morgan fingerprint density at radius 3 is 2.77 bits per heavy atom. The van der Waals surface area contributed by atoms with Gasteiger partial charge in [-0.15, -0.1) is 0 Å². The van der Waals surface area contributed by atoms with Crippen molar-refractivity contribution in [3.63, 3.8) is 0 Å². The summed E-state index contributed by atoms with van der Waals surface area (Å²) in [5, 5.41) is 3.61. The third kappa shape index (κ3) is 3.66. The van der Waals surface area contributed by atoms with Gasteiger partial charge in [-0.05, 0) is 36.6 Å². The number of carbonyl (C=O) groups is 1. The molecule has 0 unspecified atom stereocenters. The first-order chi connectivity index (χ1) is 14.5. The number of nitrogens with zero attached hydrogens (tertiary/aromatic N) is 2. The lowest BCUT2D eigenvalue weighted by molar-refractivity contribution is -0.158. The number of hydrogen-bond donors (Lipinski definition) is 1. The second-order valence-electron chi connectivity index (χ2n) is 7.57. The molecule has 1 aliphatic rings. The largest absolute Gasteiger partial charge is 0.457 e. The first-order valence-corrected chi connectivity index (χ1v) is 10.1. The summed E-state index contributed by atoms with van der Waals surface area (Å²) in [5.74, 6) is -0.345. The molecule has 158 valence electrons. The number of esters is 1. The van der Waals surface area contributed by atoms with Crippen LogP contribution in [0.15, 0.2) is 42.9 Å². The van der Waals surface area contributed by atoms with Crippen molar-refractivity contribution in [2.75, 3.05) is 25.6 Å². The maximum Gasteiger partial charge on any atom is 0.303 e. The van der Waals surface area contributed by atoms with Crippen LogP contribution in [0.5, 0.6) is 0 Å². The minimum absolute atomic E-state index is 0.281. The van der Waals surface area contributed by atoms with E-state index in [4.69, 9.17) is 14.2 Å². The van der Waals surface area contributed by atoms with Gasteiger partial charge in [0.1, 0.15) is 6.10 Å². The predicted molar refractivity (Wildman–Crippen MR) is 114 cm³/mol. The van der Waals surface area contributed by atoms with Gasteiger partial charge in [-0.1, -0.05) is 18.2 Å². The average Bonchev–Trinajstić information content (AvgIpc) is 3.20. The molecule has 7 nitrogen and oxygen atoms in total. The van der Waals surface area contributed by atoms with Crippen LogP contribution < -0.4 is 5.32 Å². The van der Waals surface area contributed by atoms with Crippen molar-refractivity contribution < 1.29 is 19.0 Å². The molecule has 3 aromatic rings. The number of pyridine rings is 1. The van der Waals surface area contributed by atoms with E-state index in [1.54, 1.807) is 13.3 Å². The summed E-state index contributed by atoms with van der Waals surface area (Å²) in [5.41, 5.74) is 6.01. The number of imidazole rings is 1. The quantitative estimate of drug-likeness (QED) is 0.494. The molecular weight excluding hydrogens is 382 g/mol. The fourth-order valence-electron chi connectivity index (χ4n) is 4.10. The molecule has 2 aromatic heterocycles. The van der Waals surface area contributed by atoms with Crippen LogP contribution in [-0.4, -0.2) is 41.8 Å². The van der Waals surface area contributed by atoms with Crippen LogP contribution in [0.1, 0.15) is 41.3 Å². The fourth-order valence-corrected chi connectivity index (χ4v) is 4.10. The van der Waals surface area contributed by atoms with Gasteiger partial charge in [-0.2, -0.15) is 0 Å². The molecule has 7 heteroatoms. The highest BCUT2D eigenvalue weighted by Gasteiger charge is 2.42. The van der Waals surface area contributed by atoms with E-state index in [0.29, 0.717) is 13.2 Å². The van der Waals surface area contributed by atoms with Crippen LogP contribution in [0.3, 0.4) is 0 Å². The van der Waals surface area contributed by atoms with E-state index in [0.717, 1.165) is 28.0 Å². The predicted octanol–water partition coefficient (Wildman–Crippen LogP) is 3.75. The Morgan fingerprint density at radius 2 is 2.00 bits per heavy atom. The molecule has 3 atom stereocenters. The highest BCUT2D eigenvalue weighted by atomic mass is 16.6. The van der Waals surface area contributed by atoms with E-state index >= 15 is 0 Å². The van der Waals surface area contributed by atoms with E-state index in [2.05, 4.69) is 36.3 Å². The number of benzene rings is 1. The SMILES string of the molecule is COCCO[C@H]1c2ccn3ccnc3c2N[C@H](c2cccc(C)c2C)[C@H]1OC(C)=O. The number of rotatable bonds is 6. The zero-order valence-corrected chi connectivity index (χ0v) is 17.7. The molecule has 1 aromatic carbocycles. The summed E-state index contributed by atoms with van der Waals surface area (Å²) < 4.78 is 19.2. The second-order valence-corrected chi connectivity index (χ2v) is 7.57. The highest BCUT2D eigenvalue weighted by molar-refractivity contribution is 5.75. The second kappa shape index (κ2) is 8.45. The number of anilines is 1. The van der Waals surface area contributed by atoms with Crippen LogP contribution in [0.4, 0.5) is 5.69 Å². The first-order valence-electron chi connectivity index (χ1n) is 10.1. The number of fused-ring (bicyclic) bond motifs is 3. The smallest absolute Gasteiger partial charge is 0.303 e. The minimum Gasteiger partial charge on any atom is -0.457 e. The van der Waals surface area contributed by atoms with Crippen molar-refractivity contribution in [2.24, 2.45) is 0 Å². The van der Waals surface area contributed by atoms with Gasteiger partial charge < -0.3 is 23.9 Å². The summed E-state index contributed by atoms with van der Waals surface area (Å²) >= 11 is 0. The molecule has 4 rings (SSSR count). The number of nitrogens with one attached hydrogen (secondary N) is 1. The highest BCUT2D eigenvalue weighted by Crippen LogP contribution is 2.45. The number of aromatic nitrogens is 2. The lowest BCUT2D eigenvalue weighted by Gasteiger charge is -2.40. The third-order valence-corrected chi connectivity index (χ3v) is 5.70. The van der Waals surface area contributed by atoms with Crippen molar-refractivity contribution in [3.05, 3.63) is 65.1 Å². The van der Waals surface area contributed by atoms with Gasteiger partial charge in [-0.3, -0.25) is 4.79 Å². The van der Waals surface area contributed by atoms with Gasteiger partial charge in [0.2, 0.25) is 0 Å². The maximum atomic E-state index is 12.1. The standard InChI is InChI=1S/C23H27N3O4/c1-14-6-5-7-17(15(14)2)19-22(30-16(3)27)21(29-13-12-28-4)18-8-10-26-11-9-24-23(26)20(18)25-19/h5-11,19,21-22,25H,12-13H2,1-4H3/t19-,21+,22-/m1/s1. The molecule has 1 N–H and O–H groups in total. The zero-order valence-electron chi connectivity index (χ0n) is 17.7. The number of hydrogen-bond acceptors (Lipinski definition) is 6. The average molecular weight is 409 g/mol. The van der Waals surface area contributed by atoms with Crippen molar-refractivity contribution in [3.8, 4) is 0 Å². The Balaban J connectivity index is 1.87.